The number of carbonyl (C=O) groups is 1. The van der Waals surface area contributed by atoms with E-state index in [1.807, 2.05) is 18.2 Å². The molecule has 1 saturated heterocycles. The summed E-state index contributed by atoms with van der Waals surface area (Å²) in [6, 6.07) is 4.20. The quantitative estimate of drug-likeness (QED) is 0.619. The van der Waals surface area contributed by atoms with E-state index in [-0.39, 0.29) is 24.7 Å². The Kier molecular flexibility index (Phi) is 2.96. The third-order valence-electron chi connectivity index (χ3n) is 5.55. The van der Waals surface area contributed by atoms with Gasteiger partial charge in [-0.15, -0.1) is 0 Å². The molecule has 0 saturated carbocycles. The highest BCUT2D eigenvalue weighted by atomic mass is 16.7. The zero-order valence-electron chi connectivity index (χ0n) is 13.4. The number of nitrogens with zero attached hydrogens (tertiary/aromatic N) is 1. The molecule has 1 aromatic rings. The van der Waals surface area contributed by atoms with Crippen molar-refractivity contribution in [2.75, 3.05) is 13.3 Å². The maximum atomic E-state index is 11.4. The maximum absolute atomic E-state index is 11.4. The van der Waals surface area contributed by atoms with E-state index in [1.165, 1.54) is 12.5 Å². The molecular weight excluding hydrogens is 310 g/mol. The van der Waals surface area contributed by atoms with Crippen LogP contribution in [0.3, 0.4) is 0 Å². The first-order chi connectivity index (χ1) is 11.6. The van der Waals surface area contributed by atoms with Crippen LogP contribution in [0.2, 0.25) is 0 Å². The molecule has 1 fully saturated rings. The zero-order chi connectivity index (χ0) is 16.4. The highest BCUT2D eigenvalue weighted by molar-refractivity contribution is 5.66. The molecule has 5 rings (SSSR count). The first-order valence-electron chi connectivity index (χ1n) is 8.34. The monoisotopic (exact) mass is 329 g/mol. The second-order valence-corrected chi connectivity index (χ2v) is 6.90. The Hall–Kier alpha value is -2.05. The molecule has 3 aliphatic heterocycles. The van der Waals surface area contributed by atoms with E-state index in [2.05, 4.69) is 4.90 Å². The molecule has 126 valence electrons. The van der Waals surface area contributed by atoms with Gasteiger partial charge in [-0.3, -0.25) is 9.69 Å². The third-order valence-corrected chi connectivity index (χ3v) is 5.55. The number of aliphatic hydroxyl groups is 1. The van der Waals surface area contributed by atoms with Crippen LogP contribution in [-0.4, -0.2) is 47.6 Å². The minimum Gasteiger partial charge on any atom is -0.456 e. The number of rotatable bonds is 1. The van der Waals surface area contributed by atoms with Crippen LogP contribution in [0.1, 0.15) is 30.4 Å². The fraction of sp³-hybridized carbons (Fsp3) is 0.500. The molecule has 0 radical (unpaired) electrons. The fourth-order valence-corrected chi connectivity index (χ4v) is 4.63. The lowest BCUT2D eigenvalue weighted by molar-refractivity contribution is -0.150. The summed E-state index contributed by atoms with van der Waals surface area (Å²) < 4.78 is 16.4. The topological polar surface area (TPSA) is 68.2 Å². The van der Waals surface area contributed by atoms with Crippen molar-refractivity contribution >= 4 is 5.97 Å². The Morgan fingerprint density at radius 3 is 2.92 bits per heavy atom. The van der Waals surface area contributed by atoms with E-state index in [4.69, 9.17) is 14.2 Å². The van der Waals surface area contributed by atoms with E-state index >= 15 is 0 Å². The van der Waals surface area contributed by atoms with Crippen LogP contribution < -0.4 is 9.47 Å². The smallest absolute Gasteiger partial charge is 0.303 e. The van der Waals surface area contributed by atoms with Crippen molar-refractivity contribution in [1.29, 1.82) is 0 Å². The third kappa shape index (κ3) is 1.93. The summed E-state index contributed by atoms with van der Waals surface area (Å²) in [5.41, 5.74) is 3.50. The van der Waals surface area contributed by atoms with Crippen LogP contribution in [0, 0.1) is 0 Å². The van der Waals surface area contributed by atoms with Gasteiger partial charge in [-0.25, -0.2) is 0 Å². The van der Waals surface area contributed by atoms with Crippen LogP contribution in [-0.2, 0) is 16.1 Å². The van der Waals surface area contributed by atoms with Crippen molar-refractivity contribution in [3.8, 4) is 11.5 Å². The van der Waals surface area contributed by atoms with Gasteiger partial charge in [-0.2, -0.15) is 0 Å². The van der Waals surface area contributed by atoms with Crippen molar-refractivity contribution in [2.24, 2.45) is 0 Å². The number of fused-ring (bicyclic) bond motifs is 3. The van der Waals surface area contributed by atoms with Crippen LogP contribution >= 0.6 is 0 Å². The normalized spacial score (nSPS) is 32.8. The lowest BCUT2D eigenvalue weighted by atomic mass is 9.73. The molecule has 1 N–H and O–H groups in total. The first kappa shape index (κ1) is 14.3. The molecular formula is C18H19NO5. The summed E-state index contributed by atoms with van der Waals surface area (Å²) in [5, 5.41) is 11.0. The molecule has 1 aromatic carbocycles. The molecule has 0 bridgehead atoms. The fourth-order valence-electron chi connectivity index (χ4n) is 4.63. The zero-order valence-corrected chi connectivity index (χ0v) is 13.4. The van der Waals surface area contributed by atoms with Gasteiger partial charge in [0.15, 0.2) is 11.5 Å². The van der Waals surface area contributed by atoms with Gasteiger partial charge in [0.2, 0.25) is 6.79 Å². The number of benzene rings is 1. The summed E-state index contributed by atoms with van der Waals surface area (Å²) in [6.07, 6.45) is 1.55. The molecule has 0 amide bonds. The largest absolute Gasteiger partial charge is 0.456 e. The van der Waals surface area contributed by atoms with Crippen LogP contribution in [0.25, 0.3) is 0 Å². The molecule has 3 heterocycles. The minimum absolute atomic E-state index is 0.116. The molecule has 1 aliphatic carbocycles. The molecule has 4 aliphatic rings. The summed E-state index contributed by atoms with van der Waals surface area (Å²) in [7, 11) is 0. The molecule has 6 heteroatoms. The number of hydrogen-bond donors (Lipinski definition) is 1. The van der Waals surface area contributed by atoms with Gasteiger partial charge in [0.25, 0.3) is 0 Å². The molecule has 0 spiro atoms. The minimum atomic E-state index is -0.761. The Labute approximate surface area is 139 Å². The van der Waals surface area contributed by atoms with Crippen molar-refractivity contribution in [3.05, 3.63) is 34.9 Å². The van der Waals surface area contributed by atoms with Gasteiger partial charge in [0, 0.05) is 32.0 Å². The Balaban J connectivity index is 1.62. The van der Waals surface area contributed by atoms with Crippen molar-refractivity contribution in [3.63, 3.8) is 0 Å². The predicted octanol–water partition coefficient (Wildman–Crippen LogP) is 1.32. The van der Waals surface area contributed by atoms with E-state index < -0.39 is 12.2 Å². The maximum Gasteiger partial charge on any atom is 0.303 e. The lowest BCUT2D eigenvalue weighted by Gasteiger charge is -2.45. The molecule has 0 aromatic heterocycles. The Morgan fingerprint density at radius 1 is 1.33 bits per heavy atom. The number of aliphatic hydroxyl groups excluding tert-OH is 1. The van der Waals surface area contributed by atoms with Crippen molar-refractivity contribution in [2.45, 2.75) is 44.1 Å². The first-order valence-corrected chi connectivity index (χ1v) is 8.34. The SMILES string of the molecule is CC(=O)O[C@H]1C=C2CCN3Cc4cc5c(cc4[C@H]([C@@H]1O)[C@@H]23)OCO5. The second-order valence-electron chi connectivity index (χ2n) is 6.90. The Morgan fingerprint density at radius 2 is 2.12 bits per heavy atom. The van der Waals surface area contributed by atoms with Crippen molar-refractivity contribution in [1.82, 2.24) is 4.90 Å². The standard InChI is InChI=1S/C18H19NO5/c1-9(20)24-15-4-10-2-3-19-7-11-5-13-14(23-8-22-13)6-12(11)16(17(10)19)18(15)21/h4-6,15-18,21H,2-3,7-8H2,1H3/t15-,16-,17+,18+/m0/s1. The Bertz CT molecular complexity index is 758. The van der Waals surface area contributed by atoms with Crippen LogP contribution in [0.5, 0.6) is 11.5 Å². The number of ether oxygens (including phenoxy) is 3. The van der Waals surface area contributed by atoms with Gasteiger partial charge < -0.3 is 19.3 Å². The van der Waals surface area contributed by atoms with E-state index in [1.54, 1.807) is 0 Å². The summed E-state index contributed by atoms with van der Waals surface area (Å²) in [4.78, 5) is 13.8. The molecule has 24 heavy (non-hydrogen) atoms. The number of carbonyl (C=O) groups excluding carboxylic acids is 1. The summed E-state index contributed by atoms with van der Waals surface area (Å²) in [6.45, 7) is 3.42. The average Bonchev–Trinajstić information content (AvgIpc) is 3.15. The molecule has 0 unspecified atom stereocenters. The molecule has 4 atom stereocenters. The average molecular weight is 329 g/mol. The van der Waals surface area contributed by atoms with Gasteiger partial charge >= 0.3 is 5.97 Å². The predicted molar refractivity (Wildman–Crippen MR) is 83.8 cm³/mol. The van der Waals surface area contributed by atoms with Crippen LogP contribution in [0.15, 0.2) is 23.8 Å². The van der Waals surface area contributed by atoms with Gasteiger partial charge in [-0.1, -0.05) is 5.57 Å². The number of esters is 1. The van der Waals surface area contributed by atoms with Gasteiger partial charge in [0.05, 0.1) is 0 Å². The summed E-state index contributed by atoms with van der Waals surface area (Å²) in [5.74, 6) is 1.01. The number of hydrogen-bond acceptors (Lipinski definition) is 6. The van der Waals surface area contributed by atoms with E-state index in [9.17, 15) is 9.90 Å². The van der Waals surface area contributed by atoms with Gasteiger partial charge in [0.1, 0.15) is 12.2 Å². The lowest BCUT2D eigenvalue weighted by Crippen LogP contribution is -2.50. The second kappa shape index (κ2) is 4.97. The van der Waals surface area contributed by atoms with Crippen LogP contribution in [0.4, 0.5) is 0 Å². The van der Waals surface area contributed by atoms with Crippen molar-refractivity contribution < 1.29 is 24.1 Å². The van der Waals surface area contributed by atoms with E-state index in [0.717, 1.165) is 42.1 Å². The summed E-state index contributed by atoms with van der Waals surface area (Å²) >= 11 is 0. The highest BCUT2D eigenvalue weighted by Gasteiger charge is 2.49. The highest BCUT2D eigenvalue weighted by Crippen LogP contribution is 2.49. The molecule has 6 nitrogen and oxygen atoms in total. The van der Waals surface area contributed by atoms with Gasteiger partial charge in [-0.05, 0) is 35.8 Å². The van der Waals surface area contributed by atoms with E-state index in [0.29, 0.717) is 0 Å².